The Labute approximate surface area is 166 Å². The zero-order valence-electron chi connectivity index (χ0n) is 15.1. The number of Topliss-reactive ketones (excluding diaryl/α,β-unsaturated/α-hetero) is 1. The van der Waals surface area contributed by atoms with Gasteiger partial charge in [-0.2, -0.15) is 0 Å². The van der Waals surface area contributed by atoms with Crippen molar-refractivity contribution < 1.29 is 4.79 Å². The number of pyridine rings is 1. The van der Waals surface area contributed by atoms with Gasteiger partial charge in [-0.15, -0.1) is 5.10 Å². The number of anilines is 1. The quantitative estimate of drug-likeness (QED) is 0.646. The first-order valence-electron chi connectivity index (χ1n) is 8.69. The zero-order valence-corrected chi connectivity index (χ0v) is 15.9. The molecular formula is C19H18ClN7O. The summed E-state index contributed by atoms with van der Waals surface area (Å²) >= 11 is 6.08. The number of allylic oxidation sites excluding steroid dienone is 3. The Morgan fingerprint density at radius 1 is 1.32 bits per heavy atom. The normalized spacial score (nSPS) is 16.1. The first kappa shape index (κ1) is 18.0. The molecule has 0 bridgehead atoms. The molecule has 0 saturated heterocycles. The molecule has 1 aliphatic rings. The van der Waals surface area contributed by atoms with Crippen molar-refractivity contribution in [1.29, 1.82) is 0 Å². The first-order valence-corrected chi connectivity index (χ1v) is 9.06. The number of ketones is 1. The van der Waals surface area contributed by atoms with Crippen LogP contribution < -0.4 is 11.1 Å². The summed E-state index contributed by atoms with van der Waals surface area (Å²) in [7, 11) is 0. The summed E-state index contributed by atoms with van der Waals surface area (Å²) in [5.74, 6) is 0.336. The van der Waals surface area contributed by atoms with Gasteiger partial charge in [0, 0.05) is 37.3 Å². The molecule has 0 fully saturated rings. The van der Waals surface area contributed by atoms with E-state index in [4.69, 9.17) is 22.3 Å². The van der Waals surface area contributed by atoms with E-state index < -0.39 is 0 Å². The second kappa shape index (κ2) is 7.32. The van der Waals surface area contributed by atoms with Gasteiger partial charge in [0.05, 0.1) is 23.3 Å². The second-order valence-corrected chi connectivity index (χ2v) is 6.71. The lowest BCUT2D eigenvalue weighted by Crippen LogP contribution is -2.21. The number of rotatable bonds is 5. The minimum Gasteiger partial charge on any atom is -0.396 e. The van der Waals surface area contributed by atoms with E-state index in [-0.39, 0.29) is 16.5 Å². The predicted molar refractivity (Wildman–Crippen MR) is 109 cm³/mol. The molecule has 8 nitrogen and oxygen atoms in total. The summed E-state index contributed by atoms with van der Waals surface area (Å²) in [6.45, 7) is 3.05. The van der Waals surface area contributed by atoms with Gasteiger partial charge in [-0.25, -0.2) is 14.5 Å². The number of carbonyl (C=O) groups is 1. The van der Waals surface area contributed by atoms with E-state index in [0.717, 1.165) is 12.1 Å². The third-order valence-corrected chi connectivity index (χ3v) is 4.77. The number of nitrogens with zero attached hydrogens (tertiary/aromatic N) is 5. The lowest BCUT2D eigenvalue weighted by atomic mass is 10.0. The van der Waals surface area contributed by atoms with Crippen molar-refractivity contribution in [3.8, 4) is 0 Å². The highest BCUT2D eigenvalue weighted by Crippen LogP contribution is 2.31. The number of hydrogen-bond acceptors (Lipinski definition) is 6. The van der Waals surface area contributed by atoms with Crippen LogP contribution in [0, 0.1) is 0 Å². The minimum absolute atomic E-state index is 0.00941. The molecule has 3 aromatic heterocycles. The Morgan fingerprint density at radius 2 is 2.18 bits per heavy atom. The van der Waals surface area contributed by atoms with Gasteiger partial charge in [-0.1, -0.05) is 17.7 Å². The molecular weight excluding hydrogens is 378 g/mol. The van der Waals surface area contributed by atoms with Gasteiger partial charge in [-0.05, 0) is 25.1 Å². The predicted octanol–water partition coefficient (Wildman–Crippen LogP) is 2.65. The van der Waals surface area contributed by atoms with E-state index in [2.05, 4.69) is 15.4 Å². The fraction of sp³-hybridized carbons (Fsp3) is 0.158. The summed E-state index contributed by atoms with van der Waals surface area (Å²) in [4.78, 5) is 20.7. The van der Waals surface area contributed by atoms with Crippen molar-refractivity contribution in [3.05, 3.63) is 65.5 Å². The fourth-order valence-electron chi connectivity index (χ4n) is 2.91. The van der Waals surface area contributed by atoms with E-state index >= 15 is 0 Å². The monoisotopic (exact) mass is 395 g/mol. The van der Waals surface area contributed by atoms with Crippen molar-refractivity contribution in [2.24, 2.45) is 10.7 Å². The third-order valence-electron chi connectivity index (χ3n) is 4.39. The molecule has 0 unspecified atom stereocenters. The molecule has 28 heavy (non-hydrogen) atoms. The molecule has 3 heterocycles. The van der Waals surface area contributed by atoms with Crippen LogP contribution >= 0.6 is 11.6 Å². The van der Waals surface area contributed by atoms with Crippen molar-refractivity contribution in [2.45, 2.75) is 13.5 Å². The Bertz CT molecular complexity index is 1140. The maximum Gasteiger partial charge on any atom is 0.202 e. The molecule has 3 N–H and O–H groups in total. The Hall–Kier alpha value is -3.39. The Morgan fingerprint density at radius 3 is 2.96 bits per heavy atom. The lowest BCUT2D eigenvalue weighted by Gasteiger charge is -2.13. The molecule has 4 rings (SSSR count). The van der Waals surface area contributed by atoms with Gasteiger partial charge in [0.15, 0.2) is 5.82 Å². The summed E-state index contributed by atoms with van der Waals surface area (Å²) < 4.78 is 3.71. The highest BCUT2D eigenvalue weighted by Gasteiger charge is 2.23. The number of fused-ring (bicyclic) bond motifs is 1. The van der Waals surface area contributed by atoms with Crippen molar-refractivity contribution in [3.63, 3.8) is 0 Å². The molecule has 142 valence electrons. The van der Waals surface area contributed by atoms with Crippen LogP contribution in [0.5, 0.6) is 0 Å². The van der Waals surface area contributed by atoms with E-state index in [1.54, 1.807) is 30.0 Å². The van der Waals surface area contributed by atoms with Crippen LogP contribution in [0.4, 0.5) is 11.5 Å². The van der Waals surface area contributed by atoms with Crippen LogP contribution in [-0.2, 0) is 11.3 Å². The molecule has 0 aromatic carbocycles. The number of nitrogens with one attached hydrogen (secondary N) is 1. The van der Waals surface area contributed by atoms with Crippen LogP contribution in [-0.4, -0.2) is 37.2 Å². The third kappa shape index (κ3) is 3.29. The zero-order chi connectivity index (χ0) is 19.7. The average Bonchev–Trinajstić information content (AvgIpc) is 3.33. The average molecular weight is 396 g/mol. The van der Waals surface area contributed by atoms with Crippen LogP contribution in [0.2, 0.25) is 0 Å². The second-order valence-electron chi connectivity index (χ2n) is 6.34. The molecule has 0 saturated carbocycles. The largest absolute Gasteiger partial charge is 0.396 e. The van der Waals surface area contributed by atoms with Gasteiger partial charge in [0.25, 0.3) is 0 Å². The van der Waals surface area contributed by atoms with E-state index in [1.165, 1.54) is 0 Å². The summed E-state index contributed by atoms with van der Waals surface area (Å²) in [6.07, 6.45) is 8.88. The molecule has 3 aromatic rings. The van der Waals surface area contributed by atoms with Gasteiger partial charge in [-0.3, -0.25) is 4.79 Å². The Kier molecular flexibility index (Phi) is 4.70. The number of halogens is 1. The first-order chi connectivity index (χ1) is 13.5. The minimum atomic E-state index is -0.281. The summed E-state index contributed by atoms with van der Waals surface area (Å²) in [5.41, 5.74) is 8.58. The van der Waals surface area contributed by atoms with Crippen LogP contribution in [0.15, 0.2) is 70.5 Å². The SMILES string of the molecule is CC1=C/C(=N\c2c(NCCn3ccnc3)nn3ccccc23)C(N)=C(Cl)C1=O. The molecule has 0 spiro atoms. The van der Waals surface area contributed by atoms with E-state index in [0.29, 0.717) is 29.3 Å². The van der Waals surface area contributed by atoms with E-state index in [1.807, 2.05) is 35.2 Å². The smallest absolute Gasteiger partial charge is 0.202 e. The lowest BCUT2D eigenvalue weighted by molar-refractivity contribution is -0.111. The number of nitrogens with two attached hydrogens (primary N) is 1. The van der Waals surface area contributed by atoms with Gasteiger partial charge in [0.1, 0.15) is 10.7 Å². The van der Waals surface area contributed by atoms with Crippen LogP contribution in [0.1, 0.15) is 6.92 Å². The molecule has 0 aliphatic heterocycles. The molecule has 0 radical (unpaired) electrons. The van der Waals surface area contributed by atoms with Crippen molar-refractivity contribution in [1.82, 2.24) is 19.2 Å². The van der Waals surface area contributed by atoms with Crippen molar-refractivity contribution in [2.75, 3.05) is 11.9 Å². The van der Waals surface area contributed by atoms with Gasteiger partial charge in [0.2, 0.25) is 5.78 Å². The Balaban J connectivity index is 1.72. The molecule has 1 aliphatic carbocycles. The maximum absolute atomic E-state index is 12.0. The number of aromatic nitrogens is 4. The number of aliphatic imine (C=N–C) groups is 1. The topological polar surface area (TPSA) is 103 Å². The highest BCUT2D eigenvalue weighted by molar-refractivity contribution is 6.49. The maximum atomic E-state index is 12.0. The fourth-order valence-corrected chi connectivity index (χ4v) is 3.15. The van der Waals surface area contributed by atoms with E-state index in [9.17, 15) is 4.79 Å². The van der Waals surface area contributed by atoms with Crippen LogP contribution in [0.25, 0.3) is 5.52 Å². The molecule has 0 amide bonds. The molecule has 0 atom stereocenters. The standard InChI is InChI=1S/C19H18ClN7O/c1-12-10-13(16(21)15(20)18(12)28)24-17-14-4-2-3-7-27(14)25-19(17)23-6-9-26-8-5-22-11-26/h2-5,7-8,10-11H,6,9,21H2,1H3,(H,23,25)/b24-13+. The number of imidazole rings is 1. The summed E-state index contributed by atoms with van der Waals surface area (Å²) in [5, 5.41) is 7.87. The number of hydrogen-bond donors (Lipinski definition) is 2. The van der Waals surface area contributed by atoms with Crippen LogP contribution in [0.3, 0.4) is 0 Å². The summed E-state index contributed by atoms with van der Waals surface area (Å²) in [6, 6.07) is 5.72. The van der Waals surface area contributed by atoms with Crippen molar-refractivity contribution >= 4 is 40.1 Å². The molecule has 9 heteroatoms. The van der Waals surface area contributed by atoms with Gasteiger partial charge >= 0.3 is 0 Å². The number of carbonyl (C=O) groups excluding carboxylic acids is 1. The highest BCUT2D eigenvalue weighted by atomic mass is 35.5. The van der Waals surface area contributed by atoms with Gasteiger partial charge < -0.3 is 15.6 Å².